The number of rotatable bonds is 8. The Labute approximate surface area is 95.9 Å². The van der Waals surface area contributed by atoms with Gasteiger partial charge in [0.1, 0.15) is 0 Å². The number of carbonyl (C=O) groups is 2. The molecular formula is C11H21NO4. The molecule has 0 spiro atoms. The maximum atomic E-state index is 11.2. The fourth-order valence-electron chi connectivity index (χ4n) is 1.10. The van der Waals surface area contributed by atoms with E-state index in [1.54, 1.807) is 0 Å². The van der Waals surface area contributed by atoms with Crippen LogP contribution in [0.4, 0.5) is 0 Å². The van der Waals surface area contributed by atoms with E-state index in [1.807, 2.05) is 13.8 Å². The molecule has 1 amide bonds. The first-order valence-corrected chi connectivity index (χ1v) is 5.60. The first-order chi connectivity index (χ1) is 7.43. The number of nitrogens with one attached hydrogen (secondary N) is 1. The zero-order chi connectivity index (χ0) is 12.6. The van der Waals surface area contributed by atoms with Crippen molar-refractivity contribution in [2.45, 2.75) is 45.6 Å². The van der Waals surface area contributed by atoms with Crippen molar-refractivity contribution in [1.29, 1.82) is 0 Å². The average Bonchev–Trinajstić information content (AvgIpc) is 2.20. The van der Waals surface area contributed by atoms with E-state index in [0.29, 0.717) is 19.3 Å². The fourth-order valence-corrected chi connectivity index (χ4v) is 1.10. The zero-order valence-electron chi connectivity index (χ0n) is 9.90. The van der Waals surface area contributed by atoms with Gasteiger partial charge in [-0.1, -0.05) is 13.8 Å². The zero-order valence-corrected chi connectivity index (χ0v) is 9.90. The number of unbranched alkanes of at least 4 members (excludes halogenated alkanes) is 1. The van der Waals surface area contributed by atoms with Crippen LogP contribution in [0.3, 0.4) is 0 Å². The van der Waals surface area contributed by atoms with Crippen LogP contribution >= 0.6 is 0 Å². The molecule has 0 aromatic rings. The number of carbonyl (C=O) groups excluding carboxylic acids is 1. The molecule has 0 heterocycles. The lowest BCUT2D eigenvalue weighted by atomic mass is 10.1. The van der Waals surface area contributed by atoms with Crippen LogP contribution < -0.4 is 5.32 Å². The normalized spacial score (nSPS) is 12.5. The van der Waals surface area contributed by atoms with Crippen molar-refractivity contribution in [2.75, 3.05) is 6.54 Å². The van der Waals surface area contributed by atoms with Gasteiger partial charge >= 0.3 is 5.97 Å². The van der Waals surface area contributed by atoms with Gasteiger partial charge in [0.25, 0.3) is 0 Å². The molecule has 5 heteroatoms. The van der Waals surface area contributed by atoms with E-state index in [9.17, 15) is 14.7 Å². The molecule has 1 unspecified atom stereocenters. The summed E-state index contributed by atoms with van der Waals surface area (Å²) in [6.45, 7) is 4.02. The van der Waals surface area contributed by atoms with E-state index in [1.165, 1.54) is 0 Å². The van der Waals surface area contributed by atoms with Crippen LogP contribution in [0.2, 0.25) is 0 Å². The first kappa shape index (κ1) is 14.9. The molecule has 0 aromatic carbocycles. The van der Waals surface area contributed by atoms with Crippen LogP contribution in [0.5, 0.6) is 0 Å². The topological polar surface area (TPSA) is 86.6 Å². The second kappa shape index (κ2) is 8.10. The molecule has 0 fully saturated rings. The summed E-state index contributed by atoms with van der Waals surface area (Å²) in [5.74, 6) is -0.854. The summed E-state index contributed by atoms with van der Waals surface area (Å²) in [6.07, 6.45) is 0.966. The smallest absolute Gasteiger partial charge is 0.303 e. The summed E-state index contributed by atoms with van der Waals surface area (Å²) >= 11 is 0. The van der Waals surface area contributed by atoms with Crippen molar-refractivity contribution < 1.29 is 19.8 Å². The molecule has 0 saturated carbocycles. The average molecular weight is 231 g/mol. The number of carboxylic acid groups (broad SMARTS) is 1. The largest absolute Gasteiger partial charge is 0.481 e. The van der Waals surface area contributed by atoms with Crippen molar-refractivity contribution >= 4 is 11.9 Å². The lowest BCUT2D eigenvalue weighted by molar-refractivity contribution is -0.137. The van der Waals surface area contributed by atoms with Gasteiger partial charge in [-0.05, 0) is 18.8 Å². The Morgan fingerprint density at radius 3 is 2.25 bits per heavy atom. The SMILES string of the molecule is CC(C)C(O)CNC(=O)CCCCC(=O)O. The second-order valence-electron chi connectivity index (χ2n) is 4.22. The van der Waals surface area contributed by atoms with Gasteiger partial charge in [-0.25, -0.2) is 0 Å². The highest BCUT2D eigenvalue weighted by Gasteiger charge is 2.10. The van der Waals surface area contributed by atoms with Gasteiger partial charge in [-0.2, -0.15) is 0 Å². The summed E-state index contributed by atoms with van der Waals surface area (Å²) in [4.78, 5) is 21.4. The monoisotopic (exact) mass is 231 g/mol. The summed E-state index contributed by atoms with van der Waals surface area (Å²) in [7, 11) is 0. The molecule has 94 valence electrons. The predicted molar refractivity (Wildman–Crippen MR) is 60.0 cm³/mol. The summed E-state index contributed by atoms with van der Waals surface area (Å²) in [6, 6.07) is 0. The quantitative estimate of drug-likeness (QED) is 0.538. The van der Waals surface area contributed by atoms with E-state index in [4.69, 9.17) is 5.11 Å². The third-order valence-corrected chi connectivity index (χ3v) is 2.32. The maximum absolute atomic E-state index is 11.2. The number of carboxylic acids is 1. The van der Waals surface area contributed by atoms with Crippen molar-refractivity contribution in [3.63, 3.8) is 0 Å². The molecule has 0 rings (SSSR count). The van der Waals surface area contributed by atoms with Gasteiger partial charge in [-0.3, -0.25) is 9.59 Å². The molecule has 0 aliphatic carbocycles. The highest BCUT2D eigenvalue weighted by molar-refractivity contribution is 5.75. The molecule has 16 heavy (non-hydrogen) atoms. The molecule has 3 N–H and O–H groups in total. The Hall–Kier alpha value is -1.10. The molecule has 0 saturated heterocycles. The van der Waals surface area contributed by atoms with Crippen LogP contribution in [0, 0.1) is 5.92 Å². The first-order valence-electron chi connectivity index (χ1n) is 5.60. The molecule has 1 atom stereocenters. The van der Waals surface area contributed by atoms with E-state index < -0.39 is 12.1 Å². The van der Waals surface area contributed by atoms with Crippen molar-refractivity contribution in [3.05, 3.63) is 0 Å². The predicted octanol–water partition coefficient (Wildman–Crippen LogP) is 0.764. The van der Waals surface area contributed by atoms with E-state index in [2.05, 4.69) is 5.32 Å². The van der Waals surface area contributed by atoms with Crippen molar-refractivity contribution in [2.24, 2.45) is 5.92 Å². The Bertz CT molecular complexity index is 228. The van der Waals surface area contributed by atoms with Crippen LogP contribution in [-0.2, 0) is 9.59 Å². The Morgan fingerprint density at radius 2 is 1.75 bits per heavy atom. The minimum Gasteiger partial charge on any atom is -0.481 e. The van der Waals surface area contributed by atoms with Crippen molar-refractivity contribution in [1.82, 2.24) is 5.32 Å². The summed E-state index contributed by atoms with van der Waals surface area (Å²) in [5.41, 5.74) is 0. The van der Waals surface area contributed by atoms with Crippen LogP contribution in [-0.4, -0.2) is 34.7 Å². The minimum atomic E-state index is -0.837. The van der Waals surface area contributed by atoms with Crippen molar-refractivity contribution in [3.8, 4) is 0 Å². The van der Waals surface area contributed by atoms with E-state index in [0.717, 1.165) is 0 Å². The van der Waals surface area contributed by atoms with Gasteiger partial charge < -0.3 is 15.5 Å². The Morgan fingerprint density at radius 1 is 1.19 bits per heavy atom. The molecule has 0 aliphatic rings. The van der Waals surface area contributed by atoms with Gasteiger partial charge in [0.05, 0.1) is 6.10 Å². The van der Waals surface area contributed by atoms with Gasteiger partial charge in [0.2, 0.25) is 5.91 Å². The Kier molecular flexibility index (Phi) is 7.54. The lowest BCUT2D eigenvalue weighted by Gasteiger charge is -2.14. The molecule has 5 nitrogen and oxygen atoms in total. The highest BCUT2D eigenvalue weighted by Crippen LogP contribution is 2.01. The molecular weight excluding hydrogens is 210 g/mol. The Balaban J connectivity index is 3.48. The number of aliphatic hydroxyl groups excluding tert-OH is 1. The van der Waals surface area contributed by atoms with Crippen LogP contribution in [0.1, 0.15) is 39.5 Å². The highest BCUT2D eigenvalue weighted by atomic mass is 16.4. The molecule has 0 aliphatic heterocycles. The minimum absolute atomic E-state index is 0.0991. The number of hydrogen-bond donors (Lipinski definition) is 3. The number of aliphatic hydroxyl groups is 1. The fraction of sp³-hybridized carbons (Fsp3) is 0.818. The van der Waals surface area contributed by atoms with Gasteiger partial charge in [-0.15, -0.1) is 0 Å². The van der Waals surface area contributed by atoms with Gasteiger partial charge in [0.15, 0.2) is 0 Å². The van der Waals surface area contributed by atoms with Gasteiger partial charge in [0, 0.05) is 19.4 Å². The third-order valence-electron chi connectivity index (χ3n) is 2.32. The second-order valence-corrected chi connectivity index (χ2v) is 4.22. The maximum Gasteiger partial charge on any atom is 0.303 e. The van der Waals surface area contributed by atoms with Crippen LogP contribution in [0.15, 0.2) is 0 Å². The lowest BCUT2D eigenvalue weighted by Crippen LogP contribution is -2.34. The van der Waals surface area contributed by atoms with E-state index in [-0.39, 0.29) is 24.8 Å². The number of aliphatic carboxylic acids is 1. The van der Waals surface area contributed by atoms with Crippen LogP contribution in [0.25, 0.3) is 0 Å². The third kappa shape index (κ3) is 8.23. The molecule has 0 aromatic heterocycles. The molecule has 0 bridgehead atoms. The standard InChI is InChI=1S/C11H21NO4/c1-8(2)9(13)7-12-10(14)5-3-4-6-11(15)16/h8-9,13H,3-7H2,1-2H3,(H,12,14)(H,15,16). The molecule has 0 radical (unpaired) electrons. The number of hydrogen-bond acceptors (Lipinski definition) is 3. The number of amides is 1. The van der Waals surface area contributed by atoms with E-state index >= 15 is 0 Å². The summed E-state index contributed by atoms with van der Waals surface area (Å²) in [5, 5.41) is 20.4. The summed E-state index contributed by atoms with van der Waals surface area (Å²) < 4.78 is 0.